The number of hydrogen-bond acceptors (Lipinski definition) is 3. The summed E-state index contributed by atoms with van der Waals surface area (Å²) in [7, 11) is 0. The summed E-state index contributed by atoms with van der Waals surface area (Å²) in [5.74, 6) is 0.692. The second-order valence-corrected chi connectivity index (χ2v) is 13.4. The number of para-hydroxylation sites is 1. The lowest BCUT2D eigenvalue weighted by atomic mass is 9.87. The zero-order valence-electron chi connectivity index (χ0n) is 28.5. The van der Waals surface area contributed by atoms with Crippen LogP contribution in [-0.4, -0.2) is 9.97 Å². The van der Waals surface area contributed by atoms with Gasteiger partial charge in [-0.25, -0.2) is 9.97 Å². The molecule has 2 aromatic heterocycles. The number of furan rings is 1. The number of fused-ring (bicyclic) bond motifs is 6. The molecule has 0 amide bonds. The Kier molecular flexibility index (Phi) is 7.04. The Morgan fingerprint density at radius 1 is 0.423 bits per heavy atom. The molecule has 0 N–H and O–H groups in total. The Morgan fingerprint density at radius 2 is 1.02 bits per heavy atom. The molecule has 2 heterocycles. The summed E-state index contributed by atoms with van der Waals surface area (Å²) in [6, 6.07) is 61.7. The Hall–Kier alpha value is -6.84. The van der Waals surface area contributed by atoms with E-state index in [0.29, 0.717) is 5.82 Å². The van der Waals surface area contributed by atoms with Crippen LogP contribution in [0.25, 0.3) is 99.6 Å². The van der Waals surface area contributed by atoms with Gasteiger partial charge < -0.3 is 4.42 Å². The minimum atomic E-state index is 0.692. The lowest BCUT2D eigenvalue weighted by molar-refractivity contribution is 0.672. The predicted octanol–water partition coefficient (Wildman–Crippen LogP) is 13.3. The van der Waals surface area contributed by atoms with Gasteiger partial charge >= 0.3 is 0 Å². The predicted molar refractivity (Wildman–Crippen MR) is 216 cm³/mol. The second kappa shape index (κ2) is 12.2. The third-order valence-corrected chi connectivity index (χ3v) is 10.3. The van der Waals surface area contributed by atoms with Gasteiger partial charge in [-0.1, -0.05) is 152 Å². The normalized spacial score (nSPS) is 11.6. The molecule has 0 aliphatic carbocycles. The Balaban J connectivity index is 1.20. The first-order valence-electron chi connectivity index (χ1n) is 17.7. The molecule has 0 bridgehead atoms. The highest BCUT2D eigenvalue weighted by Gasteiger charge is 2.21. The topological polar surface area (TPSA) is 38.9 Å². The van der Waals surface area contributed by atoms with Crippen LogP contribution in [0.3, 0.4) is 0 Å². The number of nitrogens with zero attached hydrogens (tertiary/aromatic N) is 2. The zero-order chi connectivity index (χ0) is 34.6. The minimum Gasteiger partial charge on any atom is -0.455 e. The molecule has 0 spiro atoms. The van der Waals surface area contributed by atoms with Crippen LogP contribution in [0.2, 0.25) is 0 Å². The van der Waals surface area contributed by atoms with Crippen LogP contribution in [0.15, 0.2) is 180 Å². The smallest absolute Gasteiger partial charge is 0.160 e. The van der Waals surface area contributed by atoms with Crippen molar-refractivity contribution >= 4 is 43.5 Å². The molecule has 0 aliphatic heterocycles. The molecule has 0 saturated heterocycles. The summed E-state index contributed by atoms with van der Waals surface area (Å²) < 4.78 is 6.71. The number of hydrogen-bond donors (Lipinski definition) is 0. The third-order valence-electron chi connectivity index (χ3n) is 10.3. The van der Waals surface area contributed by atoms with Gasteiger partial charge in [0.2, 0.25) is 0 Å². The van der Waals surface area contributed by atoms with Gasteiger partial charge in [0.15, 0.2) is 5.82 Å². The van der Waals surface area contributed by atoms with Gasteiger partial charge in [0.1, 0.15) is 11.2 Å². The summed E-state index contributed by atoms with van der Waals surface area (Å²) in [4.78, 5) is 10.3. The second-order valence-electron chi connectivity index (χ2n) is 13.4. The number of aryl methyl sites for hydroxylation is 1. The van der Waals surface area contributed by atoms with Crippen molar-refractivity contribution < 1.29 is 4.42 Å². The van der Waals surface area contributed by atoms with Gasteiger partial charge in [-0.05, 0) is 75.2 Å². The van der Waals surface area contributed by atoms with Gasteiger partial charge in [0.05, 0.1) is 11.4 Å². The quantitative estimate of drug-likeness (QED) is 0.184. The van der Waals surface area contributed by atoms with Crippen molar-refractivity contribution in [1.29, 1.82) is 0 Å². The summed E-state index contributed by atoms with van der Waals surface area (Å²) in [5.41, 5.74) is 12.5. The molecule has 52 heavy (non-hydrogen) atoms. The van der Waals surface area contributed by atoms with Crippen molar-refractivity contribution in [3.05, 3.63) is 181 Å². The molecule has 10 rings (SSSR count). The molecular formula is C49H32N2O. The Bertz CT molecular complexity index is 2940. The molecule has 8 aromatic carbocycles. The van der Waals surface area contributed by atoms with E-state index < -0.39 is 0 Å². The van der Waals surface area contributed by atoms with Crippen LogP contribution in [0.5, 0.6) is 0 Å². The van der Waals surface area contributed by atoms with Crippen LogP contribution >= 0.6 is 0 Å². The van der Waals surface area contributed by atoms with E-state index in [2.05, 4.69) is 165 Å². The van der Waals surface area contributed by atoms with E-state index in [4.69, 9.17) is 14.4 Å². The first kappa shape index (κ1) is 30.0. The molecule has 244 valence electrons. The molecule has 0 aliphatic rings. The van der Waals surface area contributed by atoms with Crippen molar-refractivity contribution in [1.82, 2.24) is 9.97 Å². The zero-order valence-corrected chi connectivity index (χ0v) is 28.5. The third kappa shape index (κ3) is 4.98. The fourth-order valence-corrected chi connectivity index (χ4v) is 7.72. The van der Waals surface area contributed by atoms with Crippen molar-refractivity contribution in [2.24, 2.45) is 0 Å². The summed E-state index contributed by atoms with van der Waals surface area (Å²) in [6.07, 6.45) is 0. The van der Waals surface area contributed by atoms with E-state index in [1.165, 1.54) is 33.0 Å². The average Bonchev–Trinajstić information content (AvgIpc) is 3.61. The number of aromatic nitrogens is 2. The van der Waals surface area contributed by atoms with Crippen LogP contribution < -0.4 is 0 Å². The molecule has 0 unspecified atom stereocenters. The minimum absolute atomic E-state index is 0.692. The molecule has 0 fully saturated rings. The Morgan fingerprint density at radius 3 is 1.81 bits per heavy atom. The molecule has 3 nitrogen and oxygen atoms in total. The van der Waals surface area contributed by atoms with Gasteiger partial charge in [-0.15, -0.1) is 0 Å². The average molecular weight is 665 g/mol. The standard InChI is InChI=1S/C49H32N2O/c1-31-42-29-37(44-30-43(35-16-6-3-7-17-35)50-49(51-44)36-25-23-33(24-26-36)32-13-4-2-5-14-32)27-28-40(42)48-47(41-20-10-11-22-45(41)52-48)46(31)39-21-12-18-34-15-8-9-19-38(34)39/h2-30H,1H3. The highest BCUT2D eigenvalue weighted by Crippen LogP contribution is 2.46. The number of rotatable bonds is 5. The SMILES string of the molecule is Cc1c(-c2cccc3ccccc23)c2c3ccccc3oc2c2ccc(-c3cc(-c4ccccc4)nc(-c4ccc(-c5ccccc5)cc4)n3)cc12. The van der Waals surface area contributed by atoms with E-state index in [1.807, 2.05) is 18.2 Å². The molecule has 0 atom stereocenters. The van der Waals surface area contributed by atoms with Crippen molar-refractivity contribution in [2.75, 3.05) is 0 Å². The molecule has 0 saturated carbocycles. The van der Waals surface area contributed by atoms with Crippen LogP contribution in [-0.2, 0) is 0 Å². The fraction of sp³-hybridized carbons (Fsp3) is 0.0204. The lowest BCUT2D eigenvalue weighted by Crippen LogP contribution is -1.96. The first-order chi connectivity index (χ1) is 25.7. The fourth-order valence-electron chi connectivity index (χ4n) is 7.72. The van der Waals surface area contributed by atoms with Crippen molar-refractivity contribution in [3.8, 4) is 56.2 Å². The van der Waals surface area contributed by atoms with E-state index in [1.54, 1.807) is 0 Å². The van der Waals surface area contributed by atoms with Crippen molar-refractivity contribution in [2.45, 2.75) is 6.92 Å². The van der Waals surface area contributed by atoms with Crippen LogP contribution in [0.1, 0.15) is 5.56 Å². The summed E-state index contributed by atoms with van der Waals surface area (Å²) >= 11 is 0. The summed E-state index contributed by atoms with van der Waals surface area (Å²) in [6.45, 7) is 2.25. The molecular weight excluding hydrogens is 633 g/mol. The highest BCUT2D eigenvalue weighted by molar-refractivity contribution is 6.24. The van der Waals surface area contributed by atoms with Gasteiger partial charge in [0.25, 0.3) is 0 Å². The van der Waals surface area contributed by atoms with E-state index in [-0.39, 0.29) is 0 Å². The van der Waals surface area contributed by atoms with E-state index in [9.17, 15) is 0 Å². The highest BCUT2D eigenvalue weighted by atomic mass is 16.3. The van der Waals surface area contributed by atoms with E-state index in [0.717, 1.165) is 66.4 Å². The van der Waals surface area contributed by atoms with E-state index >= 15 is 0 Å². The molecule has 10 aromatic rings. The molecule has 3 heteroatoms. The maximum absolute atomic E-state index is 6.71. The maximum atomic E-state index is 6.71. The maximum Gasteiger partial charge on any atom is 0.160 e. The monoisotopic (exact) mass is 664 g/mol. The summed E-state index contributed by atoms with van der Waals surface area (Å²) in [5, 5.41) is 6.94. The lowest BCUT2D eigenvalue weighted by Gasteiger charge is -2.16. The number of benzene rings is 8. The van der Waals surface area contributed by atoms with Gasteiger partial charge in [-0.2, -0.15) is 0 Å². The molecule has 0 radical (unpaired) electrons. The van der Waals surface area contributed by atoms with Gasteiger partial charge in [0, 0.05) is 32.8 Å². The van der Waals surface area contributed by atoms with Gasteiger partial charge in [-0.3, -0.25) is 0 Å². The van der Waals surface area contributed by atoms with Crippen LogP contribution in [0.4, 0.5) is 0 Å². The Labute approximate surface area is 301 Å². The largest absolute Gasteiger partial charge is 0.455 e. The van der Waals surface area contributed by atoms with Crippen molar-refractivity contribution in [3.63, 3.8) is 0 Å². The van der Waals surface area contributed by atoms with Crippen LogP contribution in [0, 0.1) is 6.92 Å². The first-order valence-corrected chi connectivity index (χ1v) is 17.7.